The third kappa shape index (κ3) is 8.69. The molecule has 8 heteroatoms. The maximum Gasteiger partial charge on any atom is 0.373 e. The van der Waals surface area contributed by atoms with Crippen molar-refractivity contribution >= 4 is 88.9 Å². The Morgan fingerprint density at radius 2 is 0.839 bits per heavy atom. The molecule has 0 radical (unpaired) electrons. The number of hydrogen-bond donors (Lipinski definition) is 1. The second kappa shape index (κ2) is 18.9. The zero-order chi connectivity index (χ0) is 40.2. The number of benzene rings is 8. The molecule has 8 rings (SSSR count). The molecule has 0 fully saturated rings. The van der Waals surface area contributed by atoms with E-state index in [1.165, 1.54) is 54.2 Å². The molecular formula is C48H40O8. The summed E-state index contributed by atoms with van der Waals surface area (Å²) in [5, 5.41) is 23.5. The fourth-order valence-corrected chi connectivity index (χ4v) is 7.61. The van der Waals surface area contributed by atoms with Crippen molar-refractivity contribution in [2.24, 2.45) is 0 Å². The molecule has 8 aromatic rings. The smallest absolute Gasteiger partial charge is 0.373 e. The van der Waals surface area contributed by atoms with Crippen molar-refractivity contribution in [1.29, 1.82) is 0 Å². The fourth-order valence-electron chi connectivity index (χ4n) is 7.61. The number of hydrogen-bond acceptors (Lipinski definition) is 7. The Balaban J connectivity index is 0.000000190. The van der Waals surface area contributed by atoms with Crippen LogP contribution in [-0.4, -0.2) is 36.0 Å². The molecule has 56 heavy (non-hydrogen) atoms. The molecular weight excluding hydrogens is 705 g/mol. The summed E-state index contributed by atoms with van der Waals surface area (Å²) in [5.41, 5.74) is 4.53. The Morgan fingerprint density at radius 3 is 1.25 bits per heavy atom. The minimum absolute atomic E-state index is 0.0403. The number of ether oxygens (including phenoxy) is 1. The van der Waals surface area contributed by atoms with Crippen molar-refractivity contribution in [3.63, 3.8) is 0 Å². The van der Waals surface area contributed by atoms with Crippen molar-refractivity contribution in [2.75, 3.05) is 6.61 Å². The van der Waals surface area contributed by atoms with E-state index in [1.807, 2.05) is 49.4 Å². The van der Waals surface area contributed by atoms with Gasteiger partial charge < -0.3 is 9.84 Å². The van der Waals surface area contributed by atoms with Crippen molar-refractivity contribution in [3.05, 3.63) is 144 Å². The minimum Gasteiger partial charge on any atom is -0.481 e. The molecule has 8 aromatic carbocycles. The van der Waals surface area contributed by atoms with Crippen molar-refractivity contribution in [1.82, 2.24) is 0 Å². The lowest BCUT2D eigenvalue weighted by molar-refractivity contribution is -0.193. The summed E-state index contributed by atoms with van der Waals surface area (Å²) in [5.74, 6) is -0.972. The highest BCUT2D eigenvalue weighted by molar-refractivity contribution is 6.20. The number of rotatable bonds is 7. The summed E-state index contributed by atoms with van der Waals surface area (Å²) in [6, 6.07) is 42.2. The molecule has 280 valence electrons. The van der Waals surface area contributed by atoms with Crippen LogP contribution >= 0.6 is 0 Å². The average molecular weight is 745 g/mol. The Kier molecular flexibility index (Phi) is 13.5. The molecule has 0 unspecified atom stereocenters. The monoisotopic (exact) mass is 744 g/mol. The van der Waals surface area contributed by atoms with Crippen LogP contribution in [-0.2, 0) is 52.8 Å². The summed E-state index contributed by atoms with van der Waals surface area (Å²) >= 11 is 0. The van der Waals surface area contributed by atoms with Gasteiger partial charge in [0.25, 0.3) is 0 Å². The molecule has 0 aliphatic heterocycles. The first kappa shape index (κ1) is 40.2. The van der Waals surface area contributed by atoms with Crippen molar-refractivity contribution < 1.29 is 38.6 Å². The van der Waals surface area contributed by atoms with E-state index in [4.69, 9.17) is 23.9 Å². The van der Waals surface area contributed by atoms with Gasteiger partial charge in [-0.1, -0.05) is 116 Å². The number of esters is 1. The topological polar surface area (TPSA) is 132 Å². The SMILES string of the molecule is CCCc1cc2c3ccccc3c(CC(=O)OCC)cc2c2ccccc12.Cc1cc2c3ccccc3c(CC(=O)O)cc2c2ccccc12.O=C=O.O=C=O. The first-order chi connectivity index (χ1) is 27.2. The lowest BCUT2D eigenvalue weighted by atomic mass is 9.89. The number of aryl methyl sites for hydroxylation is 2. The van der Waals surface area contributed by atoms with Crippen LogP contribution in [0.4, 0.5) is 0 Å². The Labute approximate surface area is 323 Å². The molecule has 0 heterocycles. The highest BCUT2D eigenvalue weighted by Crippen LogP contribution is 2.37. The second-order valence-electron chi connectivity index (χ2n) is 13.1. The largest absolute Gasteiger partial charge is 0.481 e. The van der Waals surface area contributed by atoms with Crippen LogP contribution in [0.3, 0.4) is 0 Å². The standard InChI is InChI=1S/C25H24O2.C21H16O2.2CO2/c1-3-9-17-14-23-22-13-8-6-11-20(22)18(16-25(26)27-4-2)15-24(23)21-12-7-5-10-19(17)21;1-13-10-19-18-9-5-3-7-16(18)14(12-21(22)23)11-20(19)17-8-4-2-6-15(13)17;2*2-1-3/h5-8,10-15H,3-4,9,16H2,1-2H3;2-11H,12H2,1H3,(H,22,23);;. The van der Waals surface area contributed by atoms with E-state index in [9.17, 15) is 14.7 Å². The molecule has 1 N–H and O–H groups in total. The number of aliphatic carboxylic acids is 1. The first-order valence-electron chi connectivity index (χ1n) is 18.2. The average Bonchev–Trinajstić information content (AvgIpc) is 3.20. The number of carbonyl (C=O) groups is 2. The van der Waals surface area contributed by atoms with E-state index in [-0.39, 0.29) is 24.7 Å². The summed E-state index contributed by atoms with van der Waals surface area (Å²) in [7, 11) is 0. The van der Waals surface area contributed by atoms with E-state index < -0.39 is 5.97 Å². The number of carbonyl (C=O) groups excluding carboxylic acids is 5. The Morgan fingerprint density at radius 1 is 0.500 bits per heavy atom. The maximum absolute atomic E-state index is 12.2. The maximum atomic E-state index is 12.2. The van der Waals surface area contributed by atoms with Crippen LogP contribution in [0.5, 0.6) is 0 Å². The predicted octanol–water partition coefficient (Wildman–Crippen LogP) is 10.1. The molecule has 0 aromatic heterocycles. The zero-order valence-electron chi connectivity index (χ0n) is 31.4. The van der Waals surface area contributed by atoms with E-state index in [1.54, 1.807) is 0 Å². The summed E-state index contributed by atoms with van der Waals surface area (Å²) in [4.78, 5) is 55.9. The van der Waals surface area contributed by atoms with Gasteiger partial charge >= 0.3 is 24.2 Å². The summed E-state index contributed by atoms with van der Waals surface area (Å²) in [6.45, 7) is 6.61. The van der Waals surface area contributed by atoms with Crippen molar-refractivity contribution in [3.8, 4) is 0 Å². The quantitative estimate of drug-likeness (QED) is 0.126. The van der Waals surface area contributed by atoms with Crippen LogP contribution in [0.1, 0.15) is 42.5 Å². The summed E-state index contributed by atoms with van der Waals surface area (Å²) in [6.07, 6.45) is 3.03. The normalized spacial score (nSPS) is 10.4. The van der Waals surface area contributed by atoms with Crippen LogP contribution in [0.2, 0.25) is 0 Å². The van der Waals surface area contributed by atoms with Gasteiger partial charge in [0.2, 0.25) is 0 Å². The molecule has 8 nitrogen and oxygen atoms in total. The van der Waals surface area contributed by atoms with E-state index in [0.29, 0.717) is 13.0 Å². The highest BCUT2D eigenvalue weighted by atomic mass is 16.5. The van der Waals surface area contributed by atoms with Gasteiger partial charge in [-0.05, 0) is 125 Å². The third-order valence-electron chi connectivity index (χ3n) is 9.73. The van der Waals surface area contributed by atoms with Gasteiger partial charge in [-0.2, -0.15) is 19.2 Å². The Hall–Kier alpha value is -6.98. The fraction of sp³-hybridized carbons (Fsp3) is 0.167. The molecule has 0 amide bonds. The van der Waals surface area contributed by atoms with Gasteiger partial charge in [-0.3, -0.25) is 9.59 Å². The van der Waals surface area contributed by atoms with Gasteiger partial charge in [0.1, 0.15) is 0 Å². The van der Waals surface area contributed by atoms with E-state index in [2.05, 4.69) is 92.7 Å². The van der Waals surface area contributed by atoms with Gasteiger partial charge in [0.05, 0.1) is 19.4 Å². The molecule has 0 saturated heterocycles. The number of carboxylic acid groups (broad SMARTS) is 1. The molecule has 0 aliphatic rings. The number of carboxylic acids is 1. The van der Waals surface area contributed by atoms with Gasteiger partial charge in [-0.15, -0.1) is 0 Å². The van der Waals surface area contributed by atoms with Crippen LogP contribution < -0.4 is 0 Å². The molecule has 0 spiro atoms. The lowest BCUT2D eigenvalue weighted by Gasteiger charge is -2.15. The van der Waals surface area contributed by atoms with Crippen molar-refractivity contribution in [2.45, 2.75) is 46.5 Å². The third-order valence-corrected chi connectivity index (χ3v) is 9.73. The van der Waals surface area contributed by atoms with Gasteiger partial charge in [0, 0.05) is 0 Å². The van der Waals surface area contributed by atoms with E-state index >= 15 is 0 Å². The van der Waals surface area contributed by atoms with Gasteiger partial charge in [0.15, 0.2) is 0 Å². The van der Waals surface area contributed by atoms with Crippen LogP contribution in [0.25, 0.3) is 64.6 Å². The van der Waals surface area contributed by atoms with Gasteiger partial charge in [-0.25, -0.2) is 0 Å². The predicted molar refractivity (Wildman–Crippen MR) is 218 cm³/mol. The van der Waals surface area contributed by atoms with E-state index in [0.717, 1.165) is 45.5 Å². The highest BCUT2D eigenvalue weighted by Gasteiger charge is 2.15. The zero-order valence-corrected chi connectivity index (χ0v) is 31.4. The van der Waals surface area contributed by atoms with Crippen LogP contribution in [0.15, 0.2) is 121 Å². The summed E-state index contributed by atoms with van der Waals surface area (Å²) < 4.78 is 5.21. The lowest BCUT2D eigenvalue weighted by Crippen LogP contribution is -2.08. The molecule has 0 aliphatic carbocycles. The molecule has 0 bridgehead atoms. The molecule has 0 atom stereocenters. The second-order valence-corrected chi connectivity index (χ2v) is 13.1. The van der Waals surface area contributed by atoms with Crippen LogP contribution in [0, 0.1) is 6.92 Å². The minimum atomic E-state index is -0.800. The first-order valence-corrected chi connectivity index (χ1v) is 18.2. The Bertz CT molecular complexity index is 2780. The molecule has 0 saturated carbocycles. The number of fused-ring (bicyclic) bond motifs is 10.